The molecule has 0 saturated carbocycles. The maximum Gasteiger partial charge on any atom is 0.333 e. The van der Waals surface area contributed by atoms with Gasteiger partial charge in [-0.1, -0.05) is 61.5 Å². The lowest BCUT2D eigenvalue weighted by atomic mass is 10.1. The maximum absolute atomic E-state index is 13.3. The standard InChI is InChI=1S/C27H27ClN4O2/c1-4-17-31(3)29-19-21-9-13-24(14-10-21)30-27(34)32(25-15-11-20(5-2)12-16-25)26(33)22-7-6-8-23(28)18-22/h5-16,18-19H,2,4,17H2,1,3H3,(H,30,34). The van der Waals surface area contributed by atoms with Crippen LogP contribution in [0.2, 0.25) is 5.02 Å². The van der Waals surface area contributed by atoms with E-state index in [1.54, 1.807) is 66.9 Å². The molecular formula is C27H27ClN4O2. The zero-order chi connectivity index (χ0) is 24.5. The Hall–Kier alpha value is -3.90. The van der Waals surface area contributed by atoms with E-state index in [1.807, 2.05) is 24.2 Å². The summed E-state index contributed by atoms with van der Waals surface area (Å²) in [7, 11) is 1.92. The molecule has 174 valence electrons. The van der Waals surface area contributed by atoms with E-state index in [2.05, 4.69) is 23.9 Å². The topological polar surface area (TPSA) is 65.0 Å². The summed E-state index contributed by atoms with van der Waals surface area (Å²) in [6, 6.07) is 20.1. The van der Waals surface area contributed by atoms with Crippen LogP contribution in [0.3, 0.4) is 0 Å². The molecule has 0 atom stereocenters. The van der Waals surface area contributed by atoms with Crippen molar-refractivity contribution in [2.75, 3.05) is 23.8 Å². The number of nitrogens with zero attached hydrogens (tertiary/aromatic N) is 3. The number of imide groups is 1. The van der Waals surface area contributed by atoms with Gasteiger partial charge in [0.05, 0.1) is 11.9 Å². The van der Waals surface area contributed by atoms with Crippen LogP contribution in [0.25, 0.3) is 6.08 Å². The number of urea groups is 1. The third kappa shape index (κ3) is 6.56. The summed E-state index contributed by atoms with van der Waals surface area (Å²) >= 11 is 6.07. The Bertz CT molecular complexity index is 1170. The Morgan fingerprint density at radius 2 is 1.71 bits per heavy atom. The van der Waals surface area contributed by atoms with Gasteiger partial charge in [0, 0.05) is 29.9 Å². The molecule has 0 aliphatic carbocycles. The summed E-state index contributed by atoms with van der Waals surface area (Å²) < 4.78 is 0. The highest BCUT2D eigenvalue weighted by atomic mass is 35.5. The molecule has 0 saturated heterocycles. The molecule has 0 spiro atoms. The second-order valence-corrected chi connectivity index (χ2v) is 8.06. The minimum atomic E-state index is -0.583. The van der Waals surface area contributed by atoms with Crippen LogP contribution in [0.4, 0.5) is 16.2 Å². The molecule has 0 fully saturated rings. The fraction of sp³-hybridized carbons (Fsp3) is 0.148. The SMILES string of the molecule is C=Cc1ccc(N(C(=O)Nc2ccc(C=NN(C)CCC)cc2)C(=O)c2cccc(Cl)c2)cc1. The molecule has 0 aliphatic rings. The third-order valence-electron chi connectivity index (χ3n) is 4.98. The lowest BCUT2D eigenvalue weighted by Crippen LogP contribution is -2.40. The van der Waals surface area contributed by atoms with Gasteiger partial charge in [-0.2, -0.15) is 5.10 Å². The summed E-state index contributed by atoms with van der Waals surface area (Å²) in [5.74, 6) is -0.492. The molecule has 0 aromatic heterocycles. The zero-order valence-corrected chi connectivity index (χ0v) is 20.0. The van der Waals surface area contributed by atoms with Gasteiger partial charge < -0.3 is 10.3 Å². The smallest absolute Gasteiger partial charge is 0.307 e. The molecule has 0 bridgehead atoms. The molecule has 0 unspecified atom stereocenters. The van der Waals surface area contributed by atoms with Crippen LogP contribution < -0.4 is 10.2 Å². The van der Waals surface area contributed by atoms with E-state index in [4.69, 9.17) is 11.6 Å². The first-order chi connectivity index (χ1) is 16.4. The van der Waals surface area contributed by atoms with Gasteiger partial charge in [-0.15, -0.1) is 0 Å². The third-order valence-corrected chi connectivity index (χ3v) is 5.21. The second-order valence-electron chi connectivity index (χ2n) is 7.62. The fourth-order valence-corrected chi connectivity index (χ4v) is 3.41. The molecule has 7 heteroatoms. The van der Waals surface area contributed by atoms with Crippen molar-refractivity contribution in [1.82, 2.24) is 5.01 Å². The summed E-state index contributed by atoms with van der Waals surface area (Å²) in [4.78, 5) is 27.6. The van der Waals surface area contributed by atoms with E-state index < -0.39 is 11.9 Å². The van der Waals surface area contributed by atoms with Crippen LogP contribution in [0.15, 0.2) is 84.5 Å². The van der Waals surface area contributed by atoms with Gasteiger partial charge in [0.2, 0.25) is 0 Å². The second kappa shape index (κ2) is 11.8. The Balaban J connectivity index is 1.83. The Morgan fingerprint density at radius 1 is 1.03 bits per heavy atom. The van der Waals surface area contributed by atoms with E-state index >= 15 is 0 Å². The lowest BCUT2D eigenvalue weighted by molar-refractivity contribution is 0.0995. The molecule has 0 heterocycles. The molecule has 0 radical (unpaired) electrons. The molecule has 3 rings (SSSR count). The van der Waals surface area contributed by atoms with Crippen molar-refractivity contribution in [1.29, 1.82) is 0 Å². The van der Waals surface area contributed by atoms with Gasteiger partial charge in [0.25, 0.3) is 5.91 Å². The quantitative estimate of drug-likeness (QED) is 0.298. The van der Waals surface area contributed by atoms with E-state index in [1.165, 1.54) is 6.07 Å². The summed E-state index contributed by atoms with van der Waals surface area (Å²) in [5, 5.41) is 9.46. The van der Waals surface area contributed by atoms with Crippen molar-refractivity contribution >= 4 is 47.2 Å². The summed E-state index contributed by atoms with van der Waals surface area (Å²) in [5.41, 5.74) is 3.05. The molecular weight excluding hydrogens is 448 g/mol. The normalized spacial score (nSPS) is 10.7. The first kappa shape index (κ1) is 24.7. The number of rotatable bonds is 8. The molecule has 1 N–H and O–H groups in total. The highest BCUT2D eigenvalue weighted by molar-refractivity contribution is 6.31. The van der Waals surface area contributed by atoms with Gasteiger partial charge in [-0.05, 0) is 60.0 Å². The van der Waals surface area contributed by atoms with Gasteiger partial charge >= 0.3 is 6.03 Å². The average Bonchev–Trinajstić information content (AvgIpc) is 2.84. The van der Waals surface area contributed by atoms with Gasteiger partial charge in [-0.25, -0.2) is 9.69 Å². The molecule has 3 aromatic rings. The van der Waals surface area contributed by atoms with Crippen LogP contribution in [0.1, 0.15) is 34.8 Å². The average molecular weight is 475 g/mol. The van der Waals surface area contributed by atoms with Crippen LogP contribution in [0, 0.1) is 0 Å². The summed E-state index contributed by atoms with van der Waals surface area (Å²) in [6.45, 7) is 6.71. The van der Waals surface area contributed by atoms with E-state index in [0.717, 1.165) is 29.0 Å². The minimum absolute atomic E-state index is 0.304. The van der Waals surface area contributed by atoms with E-state index in [9.17, 15) is 9.59 Å². The fourth-order valence-electron chi connectivity index (χ4n) is 3.22. The van der Waals surface area contributed by atoms with Crippen molar-refractivity contribution in [3.63, 3.8) is 0 Å². The van der Waals surface area contributed by atoms with Crippen molar-refractivity contribution in [3.05, 3.63) is 101 Å². The van der Waals surface area contributed by atoms with Crippen LogP contribution in [-0.2, 0) is 0 Å². The number of nitrogens with one attached hydrogen (secondary N) is 1. The Labute approximate surface area is 205 Å². The number of hydrogen-bond acceptors (Lipinski definition) is 4. The van der Waals surface area contributed by atoms with Crippen molar-refractivity contribution < 1.29 is 9.59 Å². The number of benzene rings is 3. The molecule has 6 nitrogen and oxygen atoms in total. The predicted octanol–water partition coefficient (Wildman–Crippen LogP) is 6.54. The van der Waals surface area contributed by atoms with Crippen LogP contribution in [0.5, 0.6) is 0 Å². The number of hydrazone groups is 1. The van der Waals surface area contributed by atoms with Crippen LogP contribution >= 0.6 is 11.6 Å². The van der Waals surface area contributed by atoms with Gasteiger partial charge in [0.1, 0.15) is 0 Å². The highest BCUT2D eigenvalue weighted by Gasteiger charge is 2.25. The molecule has 34 heavy (non-hydrogen) atoms. The number of anilines is 2. The maximum atomic E-state index is 13.3. The number of hydrogen-bond donors (Lipinski definition) is 1. The van der Waals surface area contributed by atoms with Crippen LogP contribution in [-0.4, -0.2) is 36.8 Å². The van der Waals surface area contributed by atoms with Crippen molar-refractivity contribution in [3.8, 4) is 0 Å². The van der Waals surface area contributed by atoms with E-state index in [0.29, 0.717) is 22.0 Å². The monoisotopic (exact) mass is 474 g/mol. The Kier molecular flexibility index (Phi) is 8.60. The predicted molar refractivity (Wildman–Crippen MR) is 141 cm³/mol. The molecule has 3 aromatic carbocycles. The number of amides is 3. The highest BCUT2D eigenvalue weighted by Crippen LogP contribution is 2.22. The number of carbonyl (C=O) groups is 2. The largest absolute Gasteiger partial charge is 0.333 e. The van der Waals surface area contributed by atoms with Crippen molar-refractivity contribution in [2.45, 2.75) is 13.3 Å². The zero-order valence-electron chi connectivity index (χ0n) is 19.2. The van der Waals surface area contributed by atoms with Crippen molar-refractivity contribution in [2.24, 2.45) is 5.10 Å². The molecule has 3 amide bonds. The van der Waals surface area contributed by atoms with Gasteiger partial charge in [0.15, 0.2) is 0 Å². The number of carbonyl (C=O) groups excluding carboxylic acids is 2. The number of halogens is 1. The first-order valence-electron chi connectivity index (χ1n) is 10.9. The minimum Gasteiger partial charge on any atom is -0.307 e. The lowest BCUT2D eigenvalue weighted by Gasteiger charge is -2.22. The molecule has 0 aliphatic heterocycles. The van der Waals surface area contributed by atoms with Gasteiger partial charge in [-0.3, -0.25) is 4.79 Å². The Morgan fingerprint density at radius 3 is 2.32 bits per heavy atom. The summed E-state index contributed by atoms with van der Waals surface area (Å²) in [6.07, 6.45) is 4.47. The van der Waals surface area contributed by atoms with E-state index in [-0.39, 0.29) is 0 Å². The first-order valence-corrected chi connectivity index (χ1v) is 11.3.